The number of hydrogen-bond acceptors (Lipinski definition) is 4. The van der Waals surface area contributed by atoms with Crippen molar-refractivity contribution in [3.63, 3.8) is 0 Å². The van der Waals surface area contributed by atoms with Crippen LogP contribution >= 0.6 is 0 Å². The molecule has 2 atom stereocenters. The molecular formula is C12H15N5O. The summed E-state index contributed by atoms with van der Waals surface area (Å²) in [6.07, 6.45) is 3.07. The highest BCUT2D eigenvalue weighted by atomic mass is 16.1. The summed E-state index contributed by atoms with van der Waals surface area (Å²) >= 11 is 0. The molecule has 94 valence electrons. The lowest BCUT2D eigenvalue weighted by Gasteiger charge is -2.30. The average molecular weight is 245 g/mol. The van der Waals surface area contributed by atoms with Crippen LogP contribution in [-0.4, -0.2) is 19.5 Å². The molecule has 18 heavy (non-hydrogen) atoms. The number of nitrogens with one attached hydrogen (secondary N) is 1. The van der Waals surface area contributed by atoms with E-state index in [1.807, 2.05) is 4.57 Å². The highest BCUT2D eigenvalue weighted by Crippen LogP contribution is 2.73. The lowest BCUT2D eigenvalue weighted by atomic mass is 9.91. The second-order valence-corrected chi connectivity index (χ2v) is 5.98. The van der Waals surface area contributed by atoms with Gasteiger partial charge in [0.2, 0.25) is 5.95 Å². The monoisotopic (exact) mass is 245 g/mol. The van der Waals surface area contributed by atoms with Gasteiger partial charge < -0.3 is 10.3 Å². The van der Waals surface area contributed by atoms with Crippen LogP contribution in [0.1, 0.15) is 20.3 Å². The first kappa shape index (κ1) is 10.1. The molecule has 2 aromatic rings. The zero-order valence-corrected chi connectivity index (χ0v) is 10.3. The summed E-state index contributed by atoms with van der Waals surface area (Å²) in [5, 5.41) is 0. The zero-order chi connectivity index (χ0) is 12.7. The Morgan fingerprint density at radius 3 is 2.83 bits per heavy atom. The summed E-state index contributed by atoms with van der Waals surface area (Å²) in [7, 11) is 0. The SMILES string of the molecule is CC(C)(C1C2CC21)n1cnc2c(=O)[nH]c(N)nc21. The third-order valence-electron chi connectivity index (χ3n) is 4.53. The standard InChI is InChI=1S/C12H15N5O/c1-12(2,7-5-3-6(5)7)17-4-14-8-9(17)15-11(13)16-10(8)18/h4-7H,3H2,1-2H3,(H3,13,15,16,18). The van der Waals surface area contributed by atoms with E-state index in [0.717, 1.165) is 11.8 Å². The molecule has 0 saturated heterocycles. The van der Waals surface area contributed by atoms with Crippen molar-refractivity contribution < 1.29 is 0 Å². The number of nitrogens with two attached hydrogens (primary N) is 1. The fourth-order valence-corrected chi connectivity index (χ4v) is 3.33. The molecule has 4 rings (SSSR count). The van der Waals surface area contributed by atoms with Crippen LogP contribution in [0.15, 0.2) is 11.1 Å². The van der Waals surface area contributed by atoms with E-state index in [9.17, 15) is 4.79 Å². The van der Waals surface area contributed by atoms with Gasteiger partial charge in [-0.05, 0) is 38.0 Å². The van der Waals surface area contributed by atoms with Gasteiger partial charge in [-0.25, -0.2) is 4.98 Å². The van der Waals surface area contributed by atoms with Crippen molar-refractivity contribution >= 4 is 17.1 Å². The summed E-state index contributed by atoms with van der Waals surface area (Å²) in [5.74, 6) is 2.58. The maximum Gasteiger partial charge on any atom is 0.280 e. The van der Waals surface area contributed by atoms with E-state index in [0.29, 0.717) is 17.1 Å². The van der Waals surface area contributed by atoms with Crippen LogP contribution in [0.2, 0.25) is 0 Å². The predicted molar refractivity (Wildman–Crippen MR) is 67.0 cm³/mol. The Morgan fingerprint density at radius 2 is 2.22 bits per heavy atom. The van der Waals surface area contributed by atoms with Crippen LogP contribution in [0.4, 0.5) is 5.95 Å². The number of H-pyrrole nitrogens is 1. The molecule has 0 radical (unpaired) electrons. The topological polar surface area (TPSA) is 89.6 Å². The smallest absolute Gasteiger partial charge is 0.280 e. The first-order valence-corrected chi connectivity index (χ1v) is 6.23. The largest absolute Gasteiger partial charge is 0.369 e. The van der Waals surface area contributed by atoms with Gasteiger partial charge in [0.25, 0.3) is 5.56 Å². The first-order chi connectivity index (χ1) is 8.50. The number of aromatic nitrogens is 4. The van der Waals surface area contributed by atoms with Gasteiger partial charge in [-0.3, -0.25) is 9.78 Å². The van der Waals surface area contributed by atoms with E-state index in [1.165, 1.54) is 6.42 Å². The Balaban J connectivity index is 1.92. The molecule has 0 bridgehead atoms. The average Bonchev–Trinajstić information content (AvgIpc) is 3.09. The van der Waals surface area contributed by atoms with Gasteiger partial charge in [0.15, 0.2) is 11.2 Å². The molecular weight excluding hydrogens is 230 g/mol. The maximum absolute atomic E-state index is 11.7. The minimum atomic E-state index is -0.270. The summed E-state index contributed by atoms with van der Waals surface area (Å²) in [4.78, 5) is 22.6. The molecule has 2 aliphatic carbocycles. The highest BCUT2D eigenvalue weighted by molar-refractivity contribution is 5.71. The molecule has 2 unspecified atom stereocenters. The van der Waals surface area contributed by atoms with Crippen LogP contribution in [0, 0.1) is 17.8 Å². The molecule has 6 heteroatoms. The van der Waals surface area contributed by atoms with Crippen LogP contribution in [0.5, 0.6) is 0 Å². The van der Waals surface area contributed by atoms with Gasteiger partial charge in [-0.2, -0.15) is 4.98 Å². The third kappa shape index (κ3) is 1.10. The summed E-state index contributed by atoms with van der Waals surface area (Å²) in [6.45, 7) is 4.37. The van der Waals surface area contributed by atoms with Crippen LogP contribution in [0.25, 0.3) is 11.2 Å². The molecule has 2 fully saturated rings. The molecule has 2 saturated carbocycles. The Kier molecular flexibility index (Phi) is 1.55. The number of hydrogen-bond donors (Lipinski definition) is 2. The second kappa shape index (κ2) is 2.76. The molecule has 0 aromatic carbocycles. The van der Waals surface area contributed by atoms with Crippen molar-refractivity contribution in [2.24, 2.45) is 17.8 Å². The summed E-state index contributed by atoms with van der Waals surface area (Å²) < 4.78 is 2.00. The van der Waals surface area contributed by atoms with Crippen molar-refractivity contribution in [1.29, 1.82) is 0 Å². The van der Waals surface area contributed by atoms with E-state index >= 15 is 0 Å². The molecule has 0 aliphatic heterocycles. The van der Waals surface area contributed by atoms with Crippen LogP contribution < -0.4 is 11.3 Å². The van der Waals surface area contributed by atoms with Crippen molar-refractivity contribution in [2.45, 2.75) is 25.8 Å². The fraction of sp³-hybridized carbons (Fsp3) is 0.583. The molecule has 0 spiro atoms. The number of fused-ring (bicyclic) bond motifs is 2. The molecule has 2 heterocycles. The Bertz CT molecular complexity index is 705. The summed E-state index contributed by atoms with van der Waals surface area (Å²) in [6, 6.07) is 0. The first-order valence-electron chi connectivity index (χ1n) is 6.23. The van der Waals surface area contributed by atoms with E-state index < -0.39 is 0 Å². The summed E-state index contributed by atoms with van der Waals surface area (Å²) in [5.41, 5.74) is 6.26. The molecule has 2 aliphatic rings. The zero-order valence-electron chi connectivity index (χ0n) is 10.3. The fourth-order valence-electron chi connectivity index (χ4n) is 3.33. The quantitative estimate of drug-likeness (QED) is 0.815. The number of aromatic amines is 1. The van der Waals surface area contributed by atoms with E-state index in [4.69, 9.17) is 5.73 Å². The molecule has 6 nitrogen and oxygen atoms in total. The minimum Gasteiger partial charge on any atom is -0.369 e. The lowest BCUT2D eigenvalue weighted by molar-refractivity contribution is 0.259. The van der Waals surface area contributed by atoms with Gasteiger partial charge in [0, 0.05) is 5.54 Å². The Hall–Kier alpha value is -1.85. The van der Waals surface area contributed by atoms with Gasteiger partial charge >= 0.3 is 0 Å². The van der Waals surface area contributed by atoms with Crippen molar-refractivity contribution in [2.75, 3.05) is 5.73 Å². The Labute approximate surface area is 103 Å². The normalized spacial score (nSPS) is 29.3. The number of nitrogen functional groups attached to an aromatic ring is 1. The van der Waals surface area contributed by atoms with Crippen molar-refractivity contribution in [3.8, 4) is 0 Å². The van der Waals surface area contributed by atoms with Crippen molar-refractivity contribution in [3.05, 3.63) is 16.7 Å². The highest BCUT2D eigenvalue weighted by Gasteiger charge is 2.69. The number of nitrogens with zero attached hydrogens (tertiary/aromatic N) is 3. The molecule has 0 amide bonds. The second-order valence-electron chi connectivity index (χ2n) is 5.98. The van der Waals surface area contributed by atoms with Gasteiger partial charge in [-0.15, -0.1) is 0 Å². The number of rotatable bonds is 2. The predicted octanol–water partition coefficient (Wildman–Crippen LogP) is 0.703. The van der Waals surface area contributed by atoms with Gasteiger partial charge in [0.05, 0.1) is 6.33 Å². The lowest BCUT2D eigenvalue weighted by Crippen LogP contribution is -2.31. The maximum atomic E-state index is 11.7. The van der Waals surface area contributed by atoms with Crippen molar-refractivity contribution in [1.82, 2.24) is 19.5 Å². The van der Waals surface area contributed by atoms with Crippen LogP contribution in [0.3, 0.4) is 0 Å². The van der Waals surface area contributed by atoms with Gasteiger partial charge in [0.1, 0.15) is 0 Å². The van der Waals surface area contributed by atoms with E-state index in [1.54, 1.807) is 6.33 Å². The number of imidazole rings is 1. The van der Waals surface area contributed by atoms with E-state index in [-0.39, 0.29) is 17.0 Å². The molecule has 2 aromatic heterocycles. The van der Waals surface area contributed by atoms with E-state index in [2.05, 4.69) is 28.8 Å². The number of anilines is 1. The molecule has 3 N–H and O–H groups in total. The van der Waals surface area contributed by atoms with Crippen LogP contribution in [-0.2, 0) is 5.54 Å². The van der Waals surface area contributed by atoms with Gasteiger partial charge in [-0.1, -0.05) is 0 Å². The minimum absolute atomic E-state index is 0.0461. The third-order valence-corrected chi connectivity index (χ3v) is 4.53. The Morgan fingerprint density at radius 1 is 1.50 bits per heavy atom.